The Kier molecular flexibility index (Phi) is 3.78. The minimum atomic E-state index is -0.959. The Labute approximate surface area is 93.8 Å². The number of aromatic nitrogens is 1. The van der Waals surface area contributed by atoms with Crippen molar-refractivity contribution in [1.29, 1.82) is 0 Å². The largest absolute Gasteiger partial charge is 0.411 e. The Morgan fingerprint density at radius 3 is 2.86 bits per heavy atom. The van der Waals surface area contributed by atoms with E-state index in [1.54, 1.807) is 18.3 Å². The van der Waals surface area contributed by atoms with Crippen LogP contribution >= 0.6 is 28.1 Å². The Morgan fingerprint density at radius 2 is 2.36 bits per heavy atom. The van der Waals surface area contributed by atoms with Crippen molar-refractivity contribution in [3.8, 4) is 0 Å². The van der Waals surface area contributed by atoms with Crippen molar-refractivity contribution in [2.24, 2.45) is 5.73 Å². The molecule has 0 bridgehead atoms. The van der Waals surface area contributed by atoms with Crippen LogP contribution in [0.3, 0.4) is 0 Å². The van der Waals surface area contributed by atoms with Gasteiger partial charge in [-0.05, 0) is 40.3 Å². The fourth-order valence-corrected chi connectivity index (χ4v) is 1.09. The lowest BCUT2D eigenvalue weighted by molar-refractivity contribution is 0.209. The highest BCUT2D eigenvalue weighted by molar-refractivity contribution is 9.10. The van der Waals surface area contributed by atoms with Crippen LogP contribution in [-0.4, -0.2) is 16.3 Å². The standard InChI is InChI=1S/C7H6BrN3O2S/c8-4-1-2-5(10-3-4)11-7(14)13-6(9)12/h1-3H,(H2,9,12)(H,10,11,14). The molecule has 0 unspecified atom stereocenters. The highest BCUT2D eigenvalue weighted by Gasteiger charge is 2.02. The second-order valence-electron chi connectivity index (χ2n) is 2.20. The number of thiocarbonyl (C=S) groups is 1. The van der Waals surface area contributed by atoms with E-state index in [0.717, 1.165) is 4.47 Å². The van der Waals surface area contributed by atoms with Crippen molar-refractivity contribution in [2.45, 2.75) is 0 Å². The molecule has 0 aliphatic carbocycles. The number of hydrogen-bond acceptors (Lipinski definition) is 4. The van der Waals surface area contributed by atoms with E-state index < -0.39 is 6.09 Å². The molecule has 1 aromatic heterocycles. The second-order valence-corrected chi connectivity index (χ2v) is 3.48. The number of ether oxygens (including phenoxy) is 1. The number of halogens is 1. The van der Waals surface area contributed by atoms with E-state index in [2.05, 4.69) is 43.2 Å². The van der Waals surface area contributed by atoms with Gasteiger partial charge in [-0.15, -0.1) is 0 Å². The van der Waals surface area contributed by atoms with Crippen molar-refractivity contribution in [2.75, 3.05) is 5.32 Å². The number of nitrogens with one attached hydrogen (secondary N) is 1. The van der Waals surface area contributed by atoms with Crippen LogP contribution in [0.1, 0.15) is 0 Å². The van der Waals surface area contributed by atoms with Crippen LogP contribution in [0.15, 0.2) is 22.8 Å². The molecule has 1 aromatic rings. The van der Waals surface area contributed by atoms with E-state index in [4.69, 9.17) is 5.73 Å². The van der Waals surface area contributed by atoms with Gasteiger partial charge in [-0.2, -0.15) is 0 Å². The number of carbonyl (C=O) groups excluding carboxylic acids is 1. The number of pyridine rings is 1. The van der Waals surface area contributed by atoms with Crippen LogP contribution in [0, 0.1) is 0 Å². The van der Waals surface area contributed by atoms with Gasteiger partial charge in [0.2, 0.25) is 0 Å². The quantitative estimate of drug-likeness (QED) is 0.762. The van der Waals surface area contributed by atoms with Gasteiger partial charge in [-0.25, -0.2) is 9.78 Å². The zero-order valence-electron chi connectivity index (χ0n) is 6.86. The molecule has 0 aliphatic rings. The maximum Gasteiger partial charge on any atom is 0.411 e. The number of carbonyl (C=O) groups is 1. The Morgan fingerprint density at radius 1 is 1.64 bits per heavy atom. The number of primary amides is 1. The first-order valence-corrected chi connectivity index (χ1v) is 4.68. The van der Waals surface area contributed by atoms with E-state index in [1.165, 1.54) is 0 Å². The molecule has 3 N–H and O–H groups in total. The summed E-state index contributed by atoms with van der Waals surface area (Å²) in [5.74, 6) is 0.472. The number of hydrogen-bond donors (Lipinski definition) is 2. The molecule has 0 spiro atoms. The fourth-order valence-electron chi connectivity index (χ4n) is 0.671. The average Bonchev–Trinajstić information content (AvgIpc) is 2.07. The molecule has 0 fully saturated rings. The smallest absolute Gasteiger partial charge is 0.383 e. The van der Waals surface area contributed by atoms with Gasteiger partial charge in [0, 0.05) is 10.7 Å². The van der Waals surface area contributed by atoms with Crippen LogP contribution in [0.2, 0.25) is 0 Å². The van der Waals surface area contributed by atoms with Crippen molar-refractivity contribution in [3.05, 3.63) is 22.8 Å². The lowest BCUT2D eigenvalue weighted by Crippen LogP contribution is -2.22. The number of nitrogens with zero attached hydrogens (tertiary/aromatic N) is 1. The molecule has 14 heavy (non-hydrogen) atoms. The molecule has 0 aliphatic heterocycles. The molecule has 1 amide bonds. The van der Waals surface area contributed by atoms with Crippen molar-refractivity contribution >= 4 is 45.2 Å². The van der Waals surface area contributed by atoms with Gasteiger partial charge in [0.25, 0.3) is 5.17 Å². The molecule has 0 radical (unpaired) electrons. The minimum Gasteiger partial charge on any atom is -0.383 e. The first kappa shape index (κ1) is 10.9. The van der Waals surface area contributed by atoms with Crippen LogP contribution < -0.4 is 11.1 Å². The first-order chi connectivity index (χ1) is 6.58. The van der Waals surface area contributed by atoms with Crippen LogP contribution in [0.25, 0.3) is 0 Å². The molecule has 0 saturated carbocycles. The summed E-state index contributed by atoms with van der Waals surface area (Å²) in [6, 6.07) is 3.43. The van der Waals surface area contributed by atoms with E-state index >= 15 is 0 Å². The van der Waals surface area contributed by atoms with Crippen molar-refractivity contribution in [3.63, 3.8) is 0 Å². The van der Waals surface area contributed by atoms with Gasteiger partial charge >= 0.3 is 6.09 Å². The molecule has 7 heteroatoms. The summed E-state index contributed by atoms with van der Waals surface area (Å²) < 4.78 is 5.23. The van der Waals surface area contributed by atoms with Gasteiger partial charge in [0.15, 0.2) is 0 Å². The van der Waals surface area contributed by atoms with Crippen molar-refractivity contribution < 1.29 is 9.53 Å². The third-order valence-corrected chi connectivity index (χ3v) is 1.81. The molecule has 1 heterocycles. The van der Waals surface area contributed by atoms with E-state index in [1.807, 2.05) is 0 Å². The second kappa shape index (κ2) is 4.87. The SMILES string of the molecule is NC(=O)OC(=S)Nc1ccc(Br)cn1. The first-order valence-electron chi connectivity index (χ1n) is 3.48. The lowest BCUT2D eigenvalue weighted by atomic mass is 10.5. The Hall–Kier alpha value is -1.21. The molecular weight excluding hydrogens is 270 g/mol. The number of amides is 1. The van der Waals surface area contributed by atoms with Crippen LogP contribution in [-0.2, 0) is 4.74 Å². The van der Waals surface area contributed by atoms with Crippen LogP contribution in [0.4, 0.5) is 10.6 Å². The fraction of sp³-hybridized carbons (Fsp3) is 0. The van der Waals surface area contributed by atoms with E-state index in [-0.39, 0.29) is 5.17 Å². The number of rotatable bonds is 1. The summed E-state index contributed by atoms with van der Waals surface area (Å²) >= 11 is 7.88. The zero-order valence-corrected chi connectivity index (χ0v) is 9.26. The molecule has 0 atom stereocenters. The van der Waals surface area contributed by atoms with Crippen molar-refractivity contribution in [1.82, 2.24) is 4.98 Å². The highest BCUT2D eigenvalue weighted by atomic mass is 79.9. The highest BCUT2D eigenvalue weighted by Crippen LogP contribution is 2.10. The van der Waals surface area contributed by atoms with Gasteiger partial charge in [0.05, 0.1) is 0 Å². The average molecular weight is 276 g/mol. The molecule has 0 aromatic carbocycles. The molecular formula is C7H6BrN3O2S. The number of anilines is 1. The molecule has 1 rings (SSSR count). The number of nitrogens with two attached hydrogens (primary N) is 1. The summed E-state index contributed by atoms with van der Waals surface area (Å²) in [7, 11) is 0. The Balaban J connectivity index is 2.56. The van der Waals surface area contributed by atoms with Crippen LogP contribution in [0.5, 0.6) is 0 Å². The van der Waals surface area contributed by atoms with Gasteiger partial charge in [-0.3, -0.25) is 0 Å². The topological polar surface area (TPSA) is 77.2 Å². The summed E-state index contributed by atoms with van der Waals surface area (Å²) in [6.07, 6.45) is 0.620. The predicted octanol–water partition coefficient (Wildman–Crippen LogP) is 1.64. The summed E-state index contributed by atoms with van der Waals surface area (Å²) in [5.41, 5.74) is 4.75. The van der Waals surface area contributed by atoms with Gasteiger partial charge in [0.1, 0.15) is 5.82 Å². The minimum absolute atomic E-state index is 0.132. The summed E-state index contributed by atoms with van der Waals surface area (Å²) in [4.78, 5) is 14.2. The predicted molar refractivity (Wildman–Crippen MR) is 58.8 cm³/mol. The Bertz CT molecular complexity index is 354. The third-order valence-electron chi connectivity index (χ3n) is 1.15. The third kappa shape index (κ3) is 3.67. The molecule has 0 saturated heterocycles. The molecule has 74 valence electrons. The maximum absolute atomic E-state index is 10.3. The summed E-state index contributed by atoms with van der Waals surface area (Å²) in [5, 5.41) is 2.44. The zero-order chi connectivity index (χ0) is 10.6. The van der Waals surface area contributed by atoms with E-state index in [0.29, 0.717) is 5.82 Å². The lowest BCUT2D eigenvalue weighted by Gasteiger charge is -2.04. The monoisotopic (exact) mass is 275 g/mol. The molecule has 5 nitrogen and oxygen atoms in total. The van der Waals surface area contributed by atoms with Gasteiger partial charge in [-0.1, -0.05) is 0 Å². The summed E-state index contributed by atoms with van der Waals surface area (Å²) in [6.45, 7) is 0. The van der Waals surface area contributed by atoms with E-state index in [9.17, 15) is 4.79 Å². The maximum atomic E-state index is 10.3. The normalized spacial score (nSPS) is 9.21. The van der Waals surface area contributed by atoms with Gasteiger partial charge < -0.3 is 15.8 Å².